The quantitative estimate of drug-likeness (QED) is 0.442. The van der Waals surface area contributed by atoms with Crippen LogP contribution in [0, 0.1) is 21.8 Å². The van der Waals surface area contributed by atoms with Gasteiger partial charge in [0, 0.05) is 36.3 Å². The molecule has 4 rings (SSSR count). The van der Waals surface area contributed by atoms with E-state index in [1.54, 1.807) is 18.2 Å². The smallest absolute Gasteiger partial charge is 0.289 e. The molecule has 2 heterocycles. The third-order valence-corrected chi connectivity index (χ3v) is 5.71. The number of anilines is 2. The van der Waals surface area contributed by atoms with E-state index >= 15 is 0 Å². The van der Waals surface area contributed by atoms with Gasteiger partial charge in [-0.25, -0.2) is 4.39 Å². The Hall–Kier alpha value is -3.59. The van der Waals surface area contributed by atoms with Gasteiger partial charge >= 0.3 is 0 Å². The Balaban J connectivity index is 1.34. The Bertz CT molecular complexity index is 1130. The average Bonchev–Trinajstić information content (AvgIpc) is 2.81. The lowest BCUT2D eigenvalue weighted by atomic mass is 9.95. The highest BCUT2D eigenvalue weighted by molar-refractivity contribution is 6.32. The van der Waals surface area contributed by atoms with Crippen molar-refractivity contribution in [3.63, 3.8) is 0 Å². The fraction of sp³-hybridized carbons (Fsp3) is 0.227. The van der Waals surface area contributed by atoms with Gasteiger partial charge in [-0.15, -0.1) is 10.2 Å². The number of hydrogen-bond acceptors (Lipinski definition) is 6. The summed E-state index contributed by atoms with van der Waals surface area (Å²) in [5.74, 6) is 0.00835. The molecule has 1 fully saturated rings. The Morgan fingerprint density at radius 2 is 1.81 bits per heavy atom. The summed E-state index contributed by atoms with van der Waals surface area (Å²) in [7, 11) is 0. The second-order valence-electron chi connectivity index (χ2n) is 7.46. The van der Waals surface area contributed by atoms with Crippen LogP contribution in [0.15, 0.2) is 54.6 Å². The average molecular weight is 456 g/mol. The van der Waals surface area contributed by atoms with E-state index in [-0.39, 0.29) is 28.4 Å². The van der Waals surface area contributed by atoms with Gasteiger partial charge in [-0.05, 0) is 61.4 Å². The van der Waals surface area contributed by atoms with Crippen molar-refractivity contribution in [2.45, 2.75) is 12.8 Å². The number of nitro groups is 1. The van der Waals surface area contributed by atoms with Crippen molar-refractivity contribution in [3.05, 3.63) is 75.6 Å². The van der Waals surface area contributed by atoms with E-state index in [0.717, 1.165) is 5.56 Å². The van der Waals surface area contributed by atoms with Crippen LogP contribution in [0.1, 0.15) is 12.8 Å². The van der Waals surface area contributed by atoms with Crippen LogP contribution in [-0.2, 0) is 4.79 Å². The number of piperidine rings is 1. The molecule has 0 radical (unpaired) electrons. The van der Waals surface area contributed by atoms with Gasteiger partial charge in [0.05, 0.1) is 10.6 Å². The van der Waals surface area contributed by atoms with Crippen molar-refractivity contribution >= 4 is 34.7 Å². The topological polar surface area (TPSA) is 101 Å². The third-order valence-electron chi connectivity index (χ3n) is 5.39. The molecule has 2 aromatic carbocycles. The summed E-state index contributed by atoms with van der Waals surface area (Å²) in [5, 5.41) is 22.3. The summed E-state index contributed by atoms with van der Waals surface area (Å²) in [4.78, 5) is 25.1. The zero-order valence-corrected chi connectivity index (χ0v) is 17.6. The van der Waals surface area contributed by atoms with E-state index in [4.69, 9.17) is 11.6 Å². The molecular formula is C22H19ClFN5O3. The van der Waals surface area contributed by atoms with E-state index in [0.29, 0.717) is 43.1 Å². The highest BCUT2D eigenvalue weighted by Crippen LogP contribution is 2.29. The van der Waals surface area contributed by atoms with Crippen LogP contribution in [0.5, 0.6) is 0 Å². The minimum atomic E-state index is -0.584. The number of amides is 1. The highest BCUT2D eigenvalue weighted by atomic mass is 35.5. The second-order valence-corrected chi connectivity index (χ2v) is 7.86. The molecule has 1 aliphatic heterocycles. The molecule has 0 spiro atoms. The van der Waals surface area contributed by atoms with Gasteiger partial charge in [-0.1, -0.05) is 11.6 Å². The number of nitro benzene ring substituents is 1. The number of carbonyl (C=O) groups excluding carboxylic acids is 1. The number of nitrogens with zero attached hydrogens (tertiary/aromatic N) is 4. The number of carbonyl (C=O) groups is 1. The molecule has 1 amide bonds. The lowest BCUT2D eigenvalue weighted by molar-refractivity contribution is -0.384. The molecule has 1 aliphatic rings. The first-order valence-corrected chi connectivity index (χ1v) is 10.4. The van der Waals surface area contributed by atoms with Crippen molar-refractivity contribution in [1.82, 2.24) is 10.2 Å². The number of hydrogen-bond donors (Lipinski definition) is 1. The van der Waals surface area contributed by atoms with Crippen LogP contribution in [0.25, 0.3) is 11.3 Å². The SMILES string of the molecule is O=C(Nc1ccc(Cl)c([N+](=O)[O-])c1)C1CCN(c2ccc(-c3ccc(F)cc3)nn2)CC1. The largest absolute Gasteiger partial charge is 0.355 e. The van der Waals surface area contributed by atoms with Crippen LogP contribution in [0.2, 0.25) is 5.02 Å². The second kappa shape index (κ2) is 9.27. The van der Waals surface area contributed by atoms with Gasteiger partial charge < -0.3 is 10.2 Å². The van der Waals surface area contributed by atoms with Crippen LogP contribution < -0.4 is 10.2 Å². The molecule has 164 valence electrons. The highest BCUT2D eigenvalue weighted by Gasteiger charge is 2.26. The van der Waals surface area contributed by atoms with Crippen LogP contribution in [0.3, 0.4) is 0 Å². The van der Waals surface area contributed by atoms with Crippen molar-refractivity contribution in [2.24, 2.45) is 5.92 Å². The van der Waals surface area contributed by atoms with Crippen molar-refractivity contribution < 1.29 is 14.1 Å². The van der Waals surface area contributed by atoms with Crippen molar-refractivity contribution in [2.75, 3.05) is 23.3 Å². The molecule has 0 unspecified atom stereocenters. The maximum Gasteiger partial charge on any atom is 0.289 e. The normalized spacial score (nSPS) is 14.2. The minimum absolute atomic E-state index is 0.0212. The summed E-state index contributed by atoms with van der Waals surface area (Å²) in [6.45, 7) is 1.26. The standard InChI is InChI=1S/C22H19ClFN5O3/c23-18-6-5-17(13-20(18)29(31)32)25-22(30)15-9-11-28(12-10-15)21-8-7-19(26-27-21)14-1-3-16(24)4-2-14/h1-8,13,15H,9-12H2,(H,25,30). The maximum atomic E-state index is 13.1. The predicted octanol–water partition coefficient (Wildman–Crippen LogP) is 4.70. The van der Waals surface area contributed by atoms with E-state index in [1.165, 1.54) is 24.3 Å². The first-order valence-electron chi connectivity index (χ1n) is 10.00. The van der Waals surface area contributed by atoms with Crippen LogP contribution in [-0.4, -0.2) is 34.1 Å². The fourth-order valence-corrected chi connectivity index (χ4v) is 3.80. The summed E-state index contributed by atoms with van der Waals surface area (Å²) in [5.41, 5.74) is 1.53. The summed E-state index contributed by atoms with van der Waals surface area (Å²) < 4.78 is 13.1. The van der Waals surface area contributed by atoms with E-state index in [1.807, 2.05) is 12.1 Å². The van der Waals surface area contributed by atoms with E-state index < -0.39 is 4.92 Å². The molecule has 0 atom stereocenters. The van der Waals surface area contributed by atoms with Gasteiger partial charge in [0.2, 0.25) is 5.91 Å². The first-order chi connectivity index (χ1) is 15.4. The Labute approximate surface area is 188 Å². The monoisotopic (exact) mass is 455 g/mol. The van der Waals surface area contributed by atoms with Gasteiger partial charge in [0.1, 0.15) is 10.8 Å². The van der Waals surface area contributed by atoms with Gasteiger partial charge in [0.15, 0.2) is 5.82 Å². The molecule has 0 saturated carbocycles. The molecule has 1 aromatic heterocycles. The molecule has 32 heavy (non-hydrogen) atoms. The molecule has 8 nitrogen and oxygen atoms in total. The molecule has 0 aliphatic carbocycles. The van der Waals surface area contributed by atoms with Crippen LogP contribution >= 0.6 is 11.6 Å². The maximum absolute atomic E-state index is 13.1. The molecular weight excluding hydrogens is 437 g/mol. The lowest BCUT2D eigenvalue weighted by Gasteiger charge is -2.31. The summed E-state index contributed by atoms with van der Waals surface area (Å²) in [6.07, 6.45) is 1.23. The predicted molar refractivity (Wildman–Crippen MR) is 119 cm³/mol. The van der Waals surface area contributed by atoms with Crippen molar-refractivity contribution in [1.29, 1.82) is 0 Å². The zero-order valence-electron chi connectivity index (χ0n) is 16.9. The molecule has 10 heteroatoms. The van der Waals surface area contributed by atoms with Gasteiger partial charge in [0.25, 0.3) is 5.69 Å². The van der Waals surface area contributed by atoms with Gasteiger partial charge in [-0.3, -0.25) is 14.9 Å². The van der Waals surface area contributed by atoms with Crippen molar-refractivity contribution in [3.8, 4) is 11.3 Å². The zero-order chi connectivity index (χ0) is 22.7. The first kappa shape index (κ1) is 21.6. The fourth-order valence-electron chi connectivity index (χ4n) is 3.61. The number of rotatable bonds is 5. The summed E-state index contributed by atoms with van der Waals surface area (Å²) in [6, 6.07) is 13.9. The lowest BCUT2D eigenvalue weighted by Crippen LogP contribution is -2.38. The molecule has 1 N–H and O–H groups in total. The molecule has 1 saturated heterocycles. The van der Waals surface area contributed by atoms with Gasteiger partial charge in [-0.2, -0.15) is 0 Å². The molecule has 3 aromatic rings. The number of halogens is 2. The third kappa shape index (κ3) is 4.83. The van der Waals surface area contributed by atoms with E-state index in [2.05, 4.69) is 20.4 Å². The number of aromatic nitrogens is 2. The van der Waals surface area contributed by atoms with Crippen LogP contribution in [0.4, 0.5) is 21.6 Å². The minimum Gasteiger partial charge on any atom is -0.355 e. The Morgan fingerprint density at radius 3 is 2.44 bits per heavy atom. The summed E-state index contributed by atoms with van der Waals surface area (Å²) >= 11 is 5.82. The Morgan fingerprint density at radius 1 is 1.09 bits per heavy atom. The number of nitrogens with one attached hydrogen (secondary N) is 1. The number of benzene rings is 2. The van der Waals surface area contributed by atoms with E-state index in [9.17, 15) is 19.3 Å². The molecule has 0 bridgehead atoms. The Kier molecular flexibility index (Phi) is 6.27.